The predicted molar refractivity (Wildman–Crippen MR) is 316 cm³/mol. The van der Waals surface area contributed by atoms with Crippen LogP contribution in [0.4, 0.5) is 22.7 Å². The van der Waals surface area contributed by atoms with E-state index in [-0.39, 0.29) is 11.8 Å². The second-order valence-electron chi connectivity index (χ2n) is 18.8. The summed E-state index contributed by atoms with van der Waals surface area (Å²) < 4.78 is 0. The fourth-order valence-corrected chi connectivity index (χ4v) is 9.99. The highest BCUT2D eigenvalue weighted by atomic mass is 16.4. The number of carboxylic acid groups (broad SMARTS) is 3. The summed E-state index contributed by atoms with van der Waals surface area (Å²) in [6.45, 7) is 34.3. The average molecular weight is 1030 g/mol. The van der Waals surface area contributed by atoms with Crippen molar-refractivity contribution in [3.63, 3.8) is 0 Å². The number of benzene rings is 6. The number of nitrogens with zero attached hydrogens (tertiary/aromatic N) is 4. The van der Waals surface area contributed by atoms with Gasteiger partial charge in [-0.05, 0) is 199 Å². The number of aryl methyl sites for hydroxylation is 4. The number of hydrogen-bond donors (Lipinski definition) is 3. The summed E-state index contributed by atoms with van der Waals surface area (Å²) in [5.41, 5.74) is 19.3. The van der Waals surface area contributed by atoms with Crippen molar-refractivity contribution in [3.05, 3.63) is 194 Å². The van der Waals surface area contributed by atoms with Crippen molar-refractivity contribution in [2.24, 2.45) is 0 Å². The molecule has 76 heavy (non-hydrogen) atoms. The van der Waals surface area contributed by atoms with E-state index in [4.69, 9.17) is 15.3 Å². The minimum atomic E-state index is -1.31. The van der Waals surface area contributed by atoms with Crippen molar-refractivity contribution in [1.29, 1.82) is 0 Å². The molecule has 0 unspecified atom stereocenters. The van der Waals surface area contributed by atoms with E-state index in [1.807, 2.05) is 24.3 Å². The molecule has 3 N–H and O–H groups in total. The van der Waals surface area contributed by atoms with Crippen LogP contribution in [0.2, 0.25) is 0 Å². The molecule has 11 nitrogen and oxygen atoms in total. The number of aliphatic carboxylic acids is 3. The first-order valence-corrected chi connectivity index (χ1v) is 26.8. The summed E-state index contributed by atoms with van der Waals surface area (Å²) in [6.07, 6.45) is 2.92. The highest BCUT2D eigenvalue weighted by Gasteiger charge is 2.24. The molecule has 0 spiro atoms. The molecule has 6 aromatic carbocycles. The van der Waals surface area contributed by atoms with Crippen molar-refractivity contribution >= 4 is 53.0 Å². The predicted octanol–water partition coefficient (Wildman–Crippen LogP) is 13.8. The Morgan fingerprint density at radius 1 is 0.408 bits per heavy atom. The Labute approximate surface area is 453 Å². The molecule has 11 heteroatoms. The van der Waals surface area contributed by atoms with Crippen LogP contribution in [-0.2, 0) is 14.4 Å². The van der Waals surface area contributed by atoms with E-state index in [9.17, 15) is 19.2 Å². The molecular weight excluding hydrogens is 949 g/mol. The van der Waals surface area contributed by atoms with Gasteiger partial charge in [0.25, 0.3) is 0 Å². The van der Waals surface area contributed by atoms with Crippen molar-refractivity contribution in [1.82, 2.24) is 0 Å². The van der Waals surface area contributed by atoms with E-state index >= 15 is 0 Å². The topological polar surface area (TPSA) is 142 Å². The number of carbonyl (C=O) groups is 4. The maximum atomic E-state index is 11.2. The van der Waals surface area contributed by atoms with Crippen molar-refractivity contribution in [2.45, 2.75) is 101 Å². The number of carbonyl (C=O) groups excluding carboxylic acids is 1. The van der Waals surface area contributed by atoms with Crippen molar-refractivity contribution < 1.29 is 34.5 Å². The third-order valence-corrected chi connectivity index (χ3v) is 14.2. The van der Waals surface area contributed by atoms with Crippen LogP contribution in [0.1, 0.15) is 145 Å². The minimum Gasteiger partial charge on any atom is -0.481 e. The molecule has 0 saturated heterocycles. The fourth-order valence-electron chi connectivity index (χ4n) is 9.99. The van der Waals surface area contributed by atoms with E-state index < -0.39 is 24.3 Å². The molecule has 0 bridgehead atoms. The number of carboxylic acids is 3. The lowest BCUT2D eigenvalue weighted by molar-refractivity contribution is -0.147. The largest absolute Gasteiger partial charge is 0.481 e. The third-order valence-electron chi connectivity index (χ3n) is 14.2. The van der Waals surface area contributed by atoms with Crippen LogP contribution in [0.5, 0.6) is 0 Å². The number of aldehydes is 1. The van der Waals surface area contributed by atoms with Crippen molar-refractivity contribution in [2.75, 3.05) is 72.0 Å². The zero-order chi connectivity index (χ0) is 56.1. The maximum absolute atomic E-state index is 11.2. The van der Waals surface area contributed by atoms with E-state index in [1.54, 1.807) is 6.08 Å². The highest BCUT2D eigenvalue weighted by molar-refractivity contribution is 5.89. The van der Waals surface area contributed by atoms with Gasteiger partial charge in [-0.25, -0.2) is 4.79 Å². The van der Waals surface area contributed by atoms with Gasteiger partial charge >= 0.3 is 17.9 Å². The molecule has 6 rings (SSSR count). The zero-order valence-corrected chi connectivity index (χ0v) is 47.1. The smallest absolute Gasteiger partial charge is 0.328 e. The van der Waals surface area contributed by atoms with Gasteiger partial charge in [0.15, 0.2) is 0 Å². The Morgan fingerprint density at radius 2 is 0.671 bits per heavy atom. The molecular formula is C65H82N4O7. The number of rotatable bonds is 23. The monoisotopic (exact) mass is 1030 g/mol. The summed E-state index contributed by atoms with van der Waals surface area (Å²) in [6, 6.07) is 43.7. The quantitative estimate of drug-likeness (QED) is 0.0244. The Kier molecular flexibility index (Phi) is 24.1. The molecule has 0 aliphatic rings. The zero-order valence-electron chi connectivity index (χ0n) is 47.1. The van der Waals surface area contributed by atoms with Gasteiger partial charge in [-0.2, -0.15) is 0 Å². The van der Waals surface area contributed by atoms with Gasteiger partial charge in [-0.3, -0.25) is 14.4 Å². The first kappa shape index (κ1) is 60.9. The van der Waals surface area contributed by atoms with Crippen LogP contribution in [0.25, 0.3) is 6.08 Å². The molecule has 0 saturated carbocycles. The summed E-state index contributed by atoms with van der Waals surface area (Å²) >= 11 is 0. The van der Waals surface area contributed by atoms with Crippen LogP contribution >= 0.6 is 0 Å². The molecule has 0 heterocycles. The van der Waals surface area contributed by atoms with Crippen LogP contribution < -0.4 is 19.6 Å². The average Bonchev–Trinajstić information content (AvgIpc) is 3.40. The van der Waals surface area contributed by atoms with Gasteiger partial charge in [-0.15, -0.1) is 0 Å². The van der Waals surface area contributed by atoms with Crippen LogP contribution in [0.15, 0.2) is 127 Å². The first-order valence-electron chi connectivity index (χ1n) is 26.8. The van der Waals surface area contributed by atoms with Gasteiger partial charge in [0.1, 0.15) is 12.7 Å². The molecule has 0 aliphatic heterocycles. The second kappa shape index (κ2) is 30.0. The molecule has 404 valence electrons. The normalized spacial score (nSPS) is 10.9. The maximum Gasteiger partial charge on any atom is 0.328 e. The van der Waals surface area contributed by atoms with Gasteiger partial charge in [0.05, 0.1) is 0 Å². The summed E-state index contributed by atoms with van der Waals surface area (Å²) in [5.74, 6) is -3.37. The van der Waals surface area contributed by atoms with Crippen LogP contribution in [-0.4, -0.2) is 91.9 Å². The Morgan fingerprint density at radius 3 is 0.868 bits per heavy atom. The van der Waals surface area contributed by atoms with Gasteiger partial charge in [-0.1, -0.05) is 72.8 Å². The van der Waals surface area contributed by atoms with Gasteiger partial charge < -0.3 is 34.9 Å². The lowest BCUT2D eigenvalue weighted by atomic mass is 9.80. The molecule has 0 aliphatic carbocycles. The summed E-state index contributed by atoms with van der Waals surface area (Å²) in [7, 11) is 0. The Bertz CT molecular complexity index is 2720. The molecule has 0 radical (unpaired) electrons. The standard InChI is InChI=1S/C32H40N2O2.C30H38N2O.C3H4O4/c1-7-33(8-2)27-16-18-29(23(5)21-27)32(26-14-11-25(12-15-26)13-20-31(35)36)30-19-17-28(22-24(30)6)34(9-3)10-4;1-7-31(8-2)26-15-17-28(22(5)19-26)30(25-13-11-24(21-33)12-14-25)29-18-16-27(20-23(29)6)32(9-3)10-4;4-2(5)1-3(6)7/h11-22,32H,7-10H2,1-6H3,(H,35,36);11-21,30H,7-10H2,1-6H3;1H2,(H,4,5)(H,6,7)/b20-13+;;. The van der Waals surface area contributed by atoms with Gasteiger partial charge in [0.2, 0.25) is 0 Å². The molecule has 0 amide bonds. The number of hydrogen-bond acceptors (Lipinski definition) is 8. The fraction of sp³-hybridized carbons (Fsp3) is 0.354. The van der Waals surface area contributed by atoms with E-state index in [0.717, 1.165) is 64.2 Å². The number of anilines is 4. The van der Waals surface area contributed by atoms with E-state index in [2.05, 4.69) is 200 Å². The van der Waals surface area contributed by atoms with Crippen LogP contribution in [0, 0.1) is 27.7 Å². The second-order valence-corrected chi connectivity index (χ2v) is 18.8. The highest BCUT2D eigenvalue weighted by Crippen LogP contribution is 2.40. The van der Waals surface area contributed by atoms with E-state index in [1.165, 1.54) is 84.5 Å². The summed E-state index contributed by atoms with van der Waals surface area (Å²) in [4.78, 5) is 50.6. The lowest BCUT2D eigenvalue weighted by Crippen LogP contribution is -2.22. The van der Waals surface area contributed by atoms with Gasteiger partial charge in [0, 0.05) is 98.6 Å². The lowest BCUT2D eigenvalue weighted by Gasteiger charge is -2.27. The molecule has 0 aromatic heterocycles. The summed E-state index contributed by atoms with van der Waals surface area (Å²) in [5, 5.41) is 24.4. The Balaban J connectivity index is 0.000000292. The minimum absolute atomic E-state index is 0.0824. The first-order chi connectivity index (χ1) is 36.4. The molecule has 0 fully saturated rings. The molecule has 0 atom stereocenters. The molecule has 6 aromatic rings. The van der Waals surface area contributed by atoms with Crippen molar-refractivity contribution in [3.8, 4) is 0 Å². The SMILES string of the molecule is CCN(CC)c1ccc(C(c2ccc(/C=C/C(=O)O)cc2)c2ccc(N(CC)CC)cc2C)c(C)c1.CCN(CC)c1ccc(C(c2ccc(C=O)cc2)c2ccc(N(CC)CC)cc2C)c(C)c1.O=C(O)CC(=O)O. The third kappa shape index (κ3) is 16.4. The van der Waals surface area contributed by atoms with Crippen LogP contribution in [0.3, 0.4) is 0 Å². The Hall–Kier alpha value is -7.66. The van der Waals surface area contributed by atoms with E-state index in [0.29, 0.717) is 5.56 Å².